The first kappa shape index (κ1) is 29.6. The summed E-state index contributed by atoms with van der Waals surface area (Å²) in [5.74, 6) is -4.34. The van der Waals surface area contributed by atoms with Gasteiger partial charge in [-0.2, -0.15) is 26.3 Å². The smallest absolute Gasteiger partial charge is 0.475 e. The van der Waals surface area contributed by atoms with Gasteiger partial charge in [0.15, 0.2) is 0 Å². The Kier molecular flexibility index (Phi) is 10.8. The molecule has 0 spiro atoms. The van der Waals surface area contributed by atoms with Crippen LogP contribution in [0.2, 0.25) is 0 Å². The Morgan fingerprint density at radius 2 is 1.59 bits per heavy atom. The first-order chi connectivity index (χ1) is 15.5. The lowest BCUT2D eigenvalue weighted by atomic mass is 10.0. The van der Waals surface area contributed by atoms with Crippen molar-refractivity contribution in [2.75, 3.05) is 46.8 Å². The molecule has 2 saturated heterocycles. The molecule has 0 aliphatic carbocycles. The number of aliphatic carboxylic acids is 2. The van der Waals surface area contributed by atoms with Gasteiger partial charge < -0.3 is 20.0 Å². The van der Waals surface area contributed by atoms with Crippen LogP contribution < -0.4 is 0 Å². The molecule has 1 aromatic rings. The number of amides is 1. The number of carboxylic acid groups (broad SMARTS) is 2. The SMILES string of the molecule is CN(C)CCN1C[C@@H]2CN(Cc3cccs3)C[C@@H]2C1=O.O=C(O)C(F)(F)F.O=C(O)C(F)(F)F. The summed E-state index contributed by atoms with van der Waals surface area (Å²) in [5.41, 5.74) is 0. The van der Waals surface area contributed by atoms with Gasteiger partial charge in [-0.05, 0) is 25.5 Å². The van der Waals surface area contributed by atoms with Crippen molar-refractivity contribution < 1.29 is 50.9 Å². The van der Waals surface area contributed by atoms with E-state index < -0.39 is 24.3 Å². The van der Waals surface area contributed by atoms with Crippen LogP contribution in [0.3, 0.4) is 0 Å². The van der Waals surface area contributed by atoms with Crippen LogP contribution in [0, 0.1) is 11.8 Å². The number of hydrogen-bond donors (Lipinski definition) is 2. The molecule has 2 aliphatic heterocycles. The van der Waals surface area contributed by atoms with E-state index in [2.05, 4.69) is 46.3 Å². The molecule has 1 aromatic heterocycles. The zero-order valence-corrected chi connectivity index (χ0v) is 19.1. The normalized spacial score (nSPS) is 20.4. The van der Waals surface area contributed by atoms with Gasteiger partial charge in [0.1, 0.15) is 0 Å². The summed E-state index contributed by atoms with van der Waals surface area (Å²) < 4.78 is 63.5. The number of alkyl halides is 6. The van der Waals surface area contributed by atoms with E-state index in [0.717, 1.165) is 39.3 Å². The quantitative estimate of drug-likeness (QED) is 0.575. The molecule has 2 fully saturated rings. The monoisotopic (exact) mass is 521 g/mol. The maximum atomic E-state index is 12.4. The number of likely N-dealkylation sites (N-methyl/N-ethyl adjacent to an activating group) is 1. The third kappa shape index (κ3) is 9.85. The highest BCUT2D eigenvalue weighted by Crippen LogP contribution is 2.33. The van der Waals surface area contributed by atoms with Crippen molar-refractivity contribution in [3.63, 3.8) is 0 Å². The summed E-state index contributed by atoms with van der Waals surface area (Å²) in [4.78, 5) is 38.3. The van der Waals surface area contributed by atoms with Crippen molar-refractivity contribution in [3.05, 3.63) is 22.4 Å². The molecule has 8 nitrogen and oxygen atoms in total. The molecule has 1 amide bonds. The van der Waals surface area contributed by atoms with Crippen LogP contribution in [0.1, 0.15) is 4.88 Å². The van der Waals surface area contributed by atoms with Crippen molar-refractivity contribution in [2.45, 2.75) is 18.9 Å². The maximum absolute atomic E-state index is 12.4. The predicted octanol–water partition coefficient (Wildman–Crippen LogP) is 2.47. The Hall–Kier alpha value is -2.39. The number of nitrogens with zero attached hydrogens (tertiary/aromatic N) is 3. The fraction of sp³-hybridized carbons (Fsp3) is 0.632. The maximum Gasteiger partial charge on any atom is 0.490 e. The van der Waals surface area contributed by atoms with E-state index in [1.54, 1.807) is 0 Å². The molecule has 3 heterocycles. The molecule has 194 valence electrons. The molecule has 2 aliphatic rings. The number of likely N-dealkylation sites (tertiary alicyclic amines) is 2. The summed E-state index contributed by atoms with van der Waals surface area (Å²) in [6.45, 7) is 5.83. The zero-order chi connectivity index (χ0) is 26.3. The second kappa shape index (κ2) is 12.4. The highest BCUT2D eigenvalue weighted by molar-refractivity contribution is 7.09. The van der Waals surface area contributed by atoms with E-state index in [9.17, 15) is 31.1 Å². The minimum absolute atomic E-state index is 0.247. The first-order valence-corrected chi connectivity index (χ1v) is 10.7. The Labute approximate surface area is 195 Å². The summed E-state index contributed by atoms with van der Waals surface area (Å²) >= 11 is 1.81. The van der Waals surface area contributed by atoms with Gasteiger partial charge in [0.2, 0.25) is 5.91 Å². The van der Waals surface area contributed by atoms with Crippen LogP contribution in [0.5, 0.6) is 0 Å². The van der Waals surface area contributed by atoms with E-state index >= 15 is 0 Å². The molecule has 0 radical (unpaired) electrons. The highest BCUT2D eigenvalue weighted by Gasteiger charge is 2.45. The number of fused-ring (bicyclic) bond motifs is 1. The largest absolute Gasteiger partial charge is 0.490 e. The topological polar surface area (TPSA) is 101 Å². The summed E-state index contributed by atoms with van der Waals surface area (Å²) in [6.07, 6.45) is -10.2. The highest BCUT2D eigenvalue weighted by atomic mass is 32.1. The second-order valence-electron chi connectivity index (χ2n) is 7.83. The Bertz CT molecular complexity index is 792. The minimum atomic E-state index is -5.08. The summed E-state index contributed by atoms with van der Waals surface area (Å²) in [7, 11) is 4.12. The van der Waals surface area contributed by atoms with Gasteiger partial charge in [-0.15, -0.1) is 11.3 Å². The van der Waals surface area contributed by atoms with E-state index in [1.807, 2.05) is 11.3 Å². The Balaban J connectivity index is 0.000000343. The average Bonchev–Trinajstić information content (AvgIpc) is 3.39. The lowest BCUT2D eigenvalue weighted by molar-refractivity contribution is -0.193. The summed E-state index contributed by atoms with van der Waals surface area (Å²) in [6, 6.07) is 4.29. The number of carboxylic acids is 2. The van der Waals surface area contributed by atoms with Crippen LogP contribution in [0.25, 0.3) is 0 Å². The van der Waals surface area contributed by atoms with Crippen molar-refractivity contribution in [1.29, 1.82) is 0 Å². The summed E-state index contributed by atoms with van der Waals surface area (Å²) in [5, 5.41) is 16.4. The molecular weight excluding hydrogens is 496 g/mol. The fourth-order valence-electron chi connectivity index (χ4n) is 3.31. The number of hydrogen-bond acceptors (Lipinski definition) is 6. The number of rotatable bonds is 5. The van der Waals surface area contributed by atoms with Gasteiger partial charge in [-0.25, -0.2) is 9.59 Å². The Morgan fingerprint density at radius 1 is 1.06 bits per heavy atom. The van der Waals surface area contributed by atoms with Crippen LogP contribution in [0.4, 0.5) is 26.3 Å². The van der Waals surface area contributed by atoms with Gasteiger partial charge in [0, 0.05) is 50.1 Å². The van der Waals surface area contributed by atoms with Gasteiger partial charge in [0.05, 0.1) is 5.92 Å². The lowest BCUT2D eigenvalue weighted by Crippen LogP contribution is -2.36. The molecule has 2 N–H and O–H groups in total. The van der Waals surface area contributed by atoms with Crippen LogP contribution in [-0.4, -0.2) is 102 Å². The van der Waals surface area contributed by atoms with Gasteiger partial charge in [0.25, 0.3) is 0 Å². The van der Waals surface area contributed by atoms with Gasteiger partial charge in [-0.3, -0.25) is 9.69 Å². The standard InChI is InChI=1S/C15H23N3OS.2C2HF3O2/c1-16(2)5-6-18-9-12-8-17(11-14(12)15(18)19)10-13-4-3-7-20-13;2*3-2(4,5)1(6)7/h3-4,7,12,14H,5-6,8-11H2,1-2H3;2*(H,6,7)/t12-,14-;;/m0../s1. The number of carbonyl (C=O) groups is 3. The van der Waals surface area contributed by atoms with Gasteiger partial charge >= 0.3 is 24.3 Å². The second-order valence-corrected chi connectivity index (χ2v) is 8.87. The van der Waals surface area contributed by atoms with Crippen LogP contribution >= 0.6 is 11.3 Å². The molecule has 0 aromatic carbocycles. The molecule has 0 unspecified atom stereocenters. The van der Waals surface area contributed by atoms with Crippen LogP contribution in [0.15, 0.2) is 17.5 Å². The molecule has 34 heavy (non-hydrogen) atoms. The predicted molar refractivity (Wildman–Crippen MR) is 109 cm³/mol. The zero-order valence-electron chi connectivity index (χ0n) is 18.3. The lowest BCUT2D eigenvalue weighted by Gasteiger charge is -2.22. The fourth-order valence-corrected chi connectivity index (χ4v) is 4.05. The van der Waals surface area contributed by atoms with Crippen molar-refractivity contribution in [2.24, 2.45) is 11.8 Å². The third-order valence-corrected chi connectivity index (χ3v) is 5.72. The average molecular weight is 521 g/mol. The molecular formula is C19H25F6N3O5S. The van der Waals surface area contributed by atoms with Gasteiger partial charge in [-0.1, -0.05) is 6.07 Å². The molecule has 15 heteroatoms. The third-order valence-electron chi connectivity index (χ3n) is 4.86. The van der Waals surface area contributed by atoms with E-state index in [-0.39, 0.29) is 5.92 Å². The molecule has 0 saturated carbocycles. The number of carbonyl (C=O) groups excluding carboxylic acids is 1. The first-order valence-electron chi connectivity index (χ1n) is 9.80. The van der Waals surface area contributed by atoms with Crippen molar-refractivity contribution >= 4 is 29.2 Å². The molecule has 3 rings (SSSR count). The van der Waals surface area contributed by atoms with E-state index in [1.165, 1.54) is 4.88 Å². The Morgan fingerprint density at radius 3 is 1.97 bits per heavy atom. The molecule has 2 atom stereocenters. The number of halogens is 6. The van der Waals surface area contributed by atoms with Crippen molar-refractivity contribution in [3.8, 4) is 0 Å². The van der Waals surface area contributed by atoms with E-state index in [0.29, 0.717) is 11.8 Å². The minimum Gasteiger partial charge on any atom is -0.475 e. The van der Waals surface area contributed by atoms with Crippen molar-refractivity contribution in [1.82, 2.24) is 14.7 Å². The van der Waals surface area contributed by atoms with Crippen LogP contribution in [-0.2, 0) is 20.9 Å². The number of thiophene rings is 1. The van der Waals surface area contributed by atoms with E-state index in [4.69, 9.17) is 19.8 Å². The molecule has 0 bridgehead atoms.